The van der Waals surface area contributed by atoms with Crippen LogP contribution in [0.3, 0.4) is 0 Å². The molecule has 0 saturated heterocycles. The van der Waals surface area contributed by atoms with Crippen molar-refractivity contribution < 1.29 is 4.74 Å². The smallest absolute Gasteiger partial charge is 0.0652 e. The summed E-state index contributed by atoms with van der Waals surface area (Å²) in [6.07, 6.45) is 3.04. The lowest BCUT2D eigenvalue weighted by molar-refractivity contribution is 0.129. The van der Waals surface area contributed by atoms with Crippen molar-refractivity contribution >= 4 is 0 Å². The van der Waals surface area contributed by atoms with Gasteiger partial charge in [0.25, 0.3) is 0 Å². The zero-order valence-electron chi connectivity index (χ0n) is 7.47. The van der Waals surface area contributed by atoms with Crippen LogP contribution >= 0.6 is 0 Å². The quantitative estimate of drug-likeness (QED) is 0.551. The van der Waals surface area contributed by atoms with Gasteiger partial charge in [0.15, 0.2) is 0 Å². The molecule has 1 atom stereocenters. The molecule has 0 aromatic carbocycles. The van der Waals surface area contributed by atoms with Crippen LogP contribution in [0, 0.1) is 17.2 Å². The van der Waals surface area contributed by atoms with E-state index in [4.69, 9.17) is 10.00 Å². The fourth-order valence-corrected chi connectivity index (χ4v) is 0.803. The highest BCUT2D eigenvalue weighted by atomic mass is 16.5. The maximum absolute atomic E-state index is 8.45. The number of ether oxygens (including phenoxy) is 1. The second-order valence-electron chi connectivity index (χ2n) is 2.78. The zero-order chi connectivity index (χ0) is 8.53. The monoisotopic (exact) mass is 155 g/mol. The largest absolute Gasteiger partial charge is 0.381 e. The van der Waals surface area contributed by atoms with E-state index in [2.05, 4.69) is 13.0 Å². The first-order valence-corrected chi connectivity index (χ1v) is 4.28. The Morgan fingerprint density at radius 3 is 2.73 bits per heavy atom. The van der Waals surface area contributed by atoms with Gasteiger partial charge in [-0.3, -0.25) is 0 Å². The van der Waals surface area contributed by atoms with Crippen LogP contribution in [0.4, 0.5) is 0 Å². The molecule has 0 heterocycles. The Morgan fingerprint density at radius 1 is 1.45 bits per heavy atom. The summed E-state index contributed by atoms with van der Waals surface area (Å²) in [6.45, 7) is 5.69. The fourth-order valence-electron chi connectivity index (χ4n) is 0.803. The Morgan fingerprint density at radius 2 is 2.18 bits per heavy atom. The first-order chi connectivity index (χ1) is 5.31. The molecule has 0 bridgehead atoms. The van der Waals surface area contributed by atoms with E-state index in [1.165, 1.54) is 0 Å². The lowest BCUT2D eigenvalue weighted by Gasteiger charge is -2.02. The molecule has 0 saturated carbocycles. The predicted molar refractivity (Wildman–Crippen MR) is 45.1 cm³/mol. The average Bonchev–Trinajstić information content (AvgIpc) is 2.04. The summed E-state index contributed by atoms with van der Waals surface area (Å²) in [7, 11) is 0. The second-order valence-corrected chi connectivity index (χ2v) is 2.78. The maximum atomic E-state index is 8.45. The van der Waals surface area contributed by atoms with Crippen molar-refractivity contribution in [3.63, 3.8) is 0 Å². The van der Waals surface area contributed by atoms with Crippen molar-refractivity contribution in [2.45, 2.75) is 33.1 Å². The Labute approximate surface area is 69.2 Å². The SMILES string of the molecule is CCCOCCC[C@@H](C)C#N. The molecule has 2 heteroatoms. The molecule has 11 heavy (non-hydrogen) atoms. The molecule has 2 nitrogen and oxygen atoms in total. The highest BCUT2D eigenvalue weighted by molar-refractivity contribution is 4.77. The molecule has 0 N–H and O–H groups in total. The molecule has 0 aromatic rings. The van der Waals surface area contributed by atoms with Crippen LogP contribution in [0.2, 0.25) is 0 Å². The number of nitrogens with zero attached hydrogens (tertiary/aromatic N) is 1. The summed E-state index contributed by atoms with van der Waals surface area (Å²) < 4.78 is 5.27. The zero-order valence-corrected chi connectivity index (χ0v) is 7.47. The minimum Gasteiger partial charge on any atom is -0.381 e. The molecule has 0 aliphatic rings. The van der Waals surface area contributed by atoms with Gasteiger partial charge < -0.3 is 4.74 Å². The van der Waals surface area contributed by atoms with Crippen LogP contribution in [0.1, 0.15) is 33.1 Å². The molecule has 0 aliphatic heterocycles. The lowest BCUT2D eigenvalue weighted by atomic mass is 10.1. The highest BCUT2D eigenvalue weighted by Crippen LogP contribution is 2.03. The molecule has 0 amide bonds. The number of hydrogen-bond donors (Lipinski definition) is 0. The van der Waals surface area contributed by atoms with Crippen molar-refractivity contribution in [3.8, 4) is 6.07 Å². The van der Waals surface area contributed by atoms with E-state index >= 15 is 0 Å². The van der Waals surface area contributed by atoms with Gasteiger partial charge >= 0.3 is 0 Å². The summed E-state index contributed by atoms with van der Waals surface area (Å²) in [5.41, 5.74) is 0. The number of hydrogen-bond acceptors (Lipinski definition) is 2. The van der Waals surface area contributed by atoms with E-state index in [0.29, 0.717) is 0 Å². The van der Waals surface area contributed by atoms with Crippen LogP contribution in [-0.4, -0.2) is 13.2 Å². The van der Waals surface area contributed by atoms with Gasteiger partial charge in [0.2, 0.25) is 0 Å². The number of rotatable bonds is 6. The van der Waals surface area contributed by atoms with Gasteiger partial charge in [0.05, 0.1) is 6.07 Å². The fraction of sp³-hybridized carbons (Fsp3) is 0.889. The third kappa shape index (κ3) is 7.35. The third-order valence-corrected chi connectivity index (χ3v) is 1.49. The van der Waals surface area contributed by atoms with Crippen molar-refractivity contribution in [2.75, 3.05) is 13.2 Å². The summed E-state index contributed by atoms with van der Waals surface area (Å²) >= 11 is 0. The van der Waals surface area contributed by atoms with Gasteiger partial charge in [-0.1, -0.05) is 6.92 Å². The van der Waals surface area contributed by atoms with Gasteiger partial charge in [0, 0.05) is 19.1 Å². The van der Waals surface area contributed by atoms with Crippen LogP contribution < -0.4 is 0 Å². The average molecular weight is 155 g/mol. The Balaban J connectivity index is 2.97. The number of nitriles is 1. The molecule has 0 fully saturated rings. The van der Waals surface area contributed by atoms with E-state index in [1.54, 1.807) is 0 Å². The van der Waals surface area contributed by atoms with Crippen LogP contribution in [0.25, 0.3) is 0 Å². The van der Waals surface area contributed by atoms with Gasteiger partial charge in [-0.2, -0.15) is 5.26 Å². The minimum atomic E-state index is 0.181. The van der Waals surface area contributed by atoms with Crippen molar-refractivity contribution in [1.82, 2.24) is 0 Å². The van der Waals surface area contributed by atoms with Crippen LogP contribution in [0.5, 0.6) is 0 Å². The molecule has 0 radical (unpaired) electrons. The normalized spacial score (nSPS) is 12.5. The Kier molecular flexibility index (Phi) is 7.18. The first-order valence-electron chi connectivity index (χ1n) is 4.28. The molecular weight excluding hydrogens is 138 g/mol. The van der Waals surface area contributed by atoms with Gasteiger partial charge in [-0.15, -0.1) is 0 Å². The molecule has 64 valence electrons. The van der Waals surface area contributed by atoms with E-state index in [1.807, 2.05) is 6.92 Å². The van der Waals surface area contributed by atoms with Crippen molar-refractivity contribution in [2.24, 2.45) is 5.92 Å². The lowest BCUT2D eigenvalue weighted by Crippen LogP contribution is -1.98. The summed E-state index contributed by atoms with van der Waals surface area (Å²) in [5.74, 6) is 0.181. The Hall–Kier alpha value is -0.550. The predicted octanol–water partition coefficient (Wildman–Crippen LogP) is 2.35. The Bertz CT molecular complexity index is 117. The van der Waals surface area contributed by atoms with Crippen molar-refractivity contribution in [3.05, 3.63) is 0 Å². The summed E-state index contributed by atoms with van der Waals surface area (Å²) in [6, 6.07) is 2.20. The van der Waals surface area contributed by atoms with Crippen LogP contribution in [0.15, 0.2) is 0 Å². The van der Waals surface area contributed by atoms with E-state index < -0.39 is 0 Å². The summed E-state index contributed by atoms with van der Waals surface area (Å²) in [5, 5.41) is 8.45. The third-order valence-electron chi connectivity index (χ3n) is 1.49. The second kappa shape index (κ2) is 7.56. The van der Waals surface area contributed by atoms with E-state index in [0.717, 1.165) is 32.5 Å². The molecule has 0 aromatic heterocycles. The standard InChI is InChI=1S/C9H17NO/c1-3-6-11-7-4-5-9(2)8-10/h9H,3-7H2,1-2H3/t9-/m1/s1. The van der Waals surface area contributed by atoms with Gasteiger partial charge in [-0.25, -0.2) is 0 Å². The molecule has 0 unspecified atom stereocenters. The minimum absolute atomic E-state index is 0.181. The van der Waals surface area contributed by atoms with Crippen molar-refractivity contribution in [1.29, 1.82) is 5.26 Å². The highest BCUT2D eigenvalue weighted by Gasteiger charge is 1.97. The molecule has 0 spiro atoms. The summed E-state index contributed by atoms with van der Waals surface area (Å²) in [4.78, 5) is 0. The maximum Gasteiger partial charge on any atom is 0.0652 e. The topological polar surface area (TPSA) is 33.0 Å². The van der Waals surface area contributed by atoms with Crippen LogP contribution in [-0.2, 0) is 4.74 Å². The first kappa shape index (κ1) is 10.4. The van der Waals surface area contributed by atoms with E-state index in [9.17, 15) is 0 Å². The molecule has 0 aliphatic carbocycles. The van der Waals surface area contributed by atoms with Gasteiger partial charge in [0.1, 0.15) is 0 Å². The molecule has 0 rings (SSSR count). The van der Waals surface area contributed by atoms with Gasteiger partial charge in [-0.05, 0) is 26.2 Å². The molecular formula is C9H17NO. The van der Waals surface area contributed by atoms with E-state index in [-0.39, 0.29) is 5.92 Å².